The van der Waals surface area contributed by atoms with Gasteiger partial charge < -0.3 is 4.74 Å². The molecule has 4 rings (SSSR count). The first-order valence-corrected chi connectivity index (χ1v) is 11.4. The second kappa shape index (κ2) is 10.2. The lowest BCUT2D eigenvalue weighted by Gasteiger charge is -2.09. The number of aromatic nitrogens is 2. The normalized spacial score (nSPS) is 11.1. The number of benzene rings is 3. The van der Waals surface area contributed by atoms with Crippen LogP contribution >= 0.6 is 23.1 Å². The zero-order valence-electron chi connectivity index (χ0n) is 16.8. The van der Waals surface area contributed by atoms with E-state index < -0.39 is 0 Å². The number of hydrogen-bond donors (Lipinski definition) is 1. The largest absolute Gasteiger partial charge is 0.489 e. The topological polar surface area (TPSA) is 76.5 Å². The van der Waals surface area contributed by atoms with Gasteiger partial charge in [0, 0.05) is 0 Å². The van der Waals surface area contributed by atoms with E-state index in [1.165, 1.54) is 33.9 Å². The van der Waals surface area contributed by atoms with Crippen LogP contribution in [0.15, 0.2) is 76.2 Å². The van der Waals surface area contributed by atoms with Crippen LogP contribution in [0.25, 0.3) is 10.8 Å². The molecule has 0 aliphatic carbocycles. The van der Waals surface area contributed by atoms with E-state index in [2.05, 4.69) is 45.0 Å². The van der Waals surface area contributed by atoms with Gasteiger partial charge in [-0.3, -0.25) is 4.79 Å². The third kappa shape index (κ3) is 5.90. The van der Waals surface area contributed by atoms with Crippen molar-refractivity contribution in [3.8, 4) is 5.75 Å². The van der Waals surface area contributed by atoms with E-state index >= 15 is 0 Å². The summed E-state index contributed by atoms with van der Waals surface area (Å²) in [6, 6.07) is 22.1. The molecule has 0 spiro atoms. The van der Waals surface area contributed by atoms with Crippen LogP contribution in [0.3, 0.4) is 0 Å². The molecule has 0 atom stereocenters. The van der Waals surface area contributed by atoms with Crippen molar-refractivity contribution in [2.24, 2.45) is 5.10 Å². The van der Waals surface area contributed by atoms with Crippen molar-refractivity contribution < 1.29 is 9.53 Å². The quantitative estimate of drug-likeness (QED) is 0.238. The minimum absolute atomic E-state index is 0.197. The van der Waals surface area contributed by atoms with E-state index in [1.54, 1.807) is 6.21 Å². The third-order valence-electron chi connectivity index (χ3n) is 4.37. The molecule has 1 N–H and O–H groups in total. The molecule has 1 heterocycles. The summed E-state index contributed by atoms with van der Waals surface area (Å²) in [5.41, 5.74) is 4.50. The van der Waals surface area contributed by atoms with Crippen LogP contribution in [0, 0.1) is 6.92 Å². The highest BCUT2D eigenvalue weighted by atomic mass is 32.2. The Kier molecular flexibility index (Phi) is 6.91. The lowest BCUT2D eigenvalue weighted by atomic mass is 10.1. The lowest BCUT2D eigenvalue weighted by Crippen LogP contribution is -2.19. The summed E-state index contributed by atoms with van der Waals surface area (Å²) in [6.45, 7) is 2.35. The standard InChI is InChI=1S/C23H20N4O2S2/c1-16-25-27-23(31-16)30-15-22(28)26-24-13-17-6-4-10-20(12-17)29-14-19-9-5-8-18-7-2-3-11-21(18)19/h2-13H,14-15H2,1H3,(H,26,28)/b24-13-. The number of hydrogen-bond acceptors (Lipinski definition) is 7. The maximum atomic E-state index is 11.9. The van der Waals surface area contributed by atoms with E-state index in [0.29, 0.717) is 6.61 Å². The van der Waals surface area contributed by atoms with Gasteiger partial charge in [0.25, 0.3) is 5.91 Å². The maximum absolute atomic E-state index is 11.9. The van der Waals surface area contributed by atoms with Crippen LogP contribution in [0.4, 0.5) is 0 Å². The van der Waals surface area contributed by atoms with Crippen molar-refractivity contribution >= 4 is 46.0 Å². The van der Waals surface area contributed by atoms with Gasteiger partial charge in [0.1, 0.15) is 17.4 Å². The second-order valence-corrected chi connectivity index (χ2v) is 9.07. The molecule has 8 heteroatoms. The number of aryl methyl sites for hydroxylation is 1. The van der Waals surface area contributed by atoms with Crippen molar-refractivity contribution in [1.29, 1.82) is 0 Å². The highest BCUT2D eigenvalue weighted by Crippen LogP contribution is 2.22. The molecule has 3 aromatic carbocycles. The average Bonchev–Trinajstić information content (AvgIpc) is 3.22. The highest BCUT2D eigenvalue weighted by molar-refractivity contribution is 8.01. The SMILES string of the molecule is Cc1nnc(SCC(=O)N/N=C\c2cccc(OCc3cccc4ccccc34)c2)s1. The van der Waals surface area contributed by atoms with Crippen molar-refractivity contribution in [2.45, 2.75) is 17.9 Å². The van der Waals surface area contributed by atoms with Gasteiger partial charge in [0.05, 0.1) is 12.0 Å². The smallest absolute Gasteiger partial charge is 0.250 e. The fourth-order valence-electron chi connectivity index (χ4n) is 2.94. The Hall–Kier alpha value is -3.23. The average molecular weight is 449 g/mol. The molecule has 6 nitrogen and oxygen atoms in total. The van der Waals surface area contributed by atoms with E-state index in [-0.39, 0.29) is 11.7 Å². The van der Waals surface area contributed by atoms with Crippen LogP contribution in [-0.4, -0.2) is 28.1 Å². The molecule has 4 aromatic rings. The summed E-state index contributed by atoms with van der Waals surface area (Å²) >= 11 is 2.81. The van der Waals surface area contributed by atoms with Gasteiger partial charge in [-0.25, -0.2) is 5.43 Å². The molecule has 0 radical (unpaired) electrons. The molecule has 1 amide bonds. The fraction of sp³-hybridized carbons (Fsp3) is 0.130. The molecule has 0 aliphatic rings. The van der Waals surface area contributed by atoms with Crippen molar-refractivity contribution in [2.75, 3.05) is 5.75 Å². The van der Waals surface area contributed by atoms with Gasteiger partial charge in [0.15, 0.2) is 4.34 Å². The minimum atomic E-state index is -0.197. The van der Waals surface area contributed by atoms with Crippen LogP contribution in [0.1, 0.15) is 16.1 Å². The molecule has 156 valence electrons. The molecule has 0 fully saturated rings. The fourth-order valence-corrected chi connectivity index (χ4v) is 4.55. The Labute approximate surface area is 188 Å². The monoisotopic (exact) mass is 448 g/mol. The zero-order valence-corrected chi connectivity index (χ0v) is 18.5. The number of amides is 1. The molecule has 0 bridgehead atoms. The number of carbonyl (C=O) groups is 1. The molecule has 0 saturated heterocycles. The van der Waals surface area contributed by atoms with Crippen LogP contribution in [0.2, 0.25) is 0 Å². The summed E-state index contributed by atoms with van der Waals surface area (Å²) in [5, 5.41) is 15.2. The molecule has 31 heavy (non-hydrogen) atoms. The number of ether oxygens (including phenoxy) is 1. The molecule has 0 aliphatic heterocycles. The Morgan fingerprint density at radius 1 is 1.13 bits per heavy atom. The molecule has 0 unspecified atom stereocenters. The summed E-state index contributed by atoms with van der Waals surface area (Å²) in [6.07, 6.45) is 1.60. The van der Waals surface area contributed by atoms with Gasteiger partial charge in [-0.1, -0.05) is 77.7 Å². The molecule has 1 aromatic heterocycles. The van der Waals surface area contributed by atoms with Crippen molar-refractivity contribution in [3.05, 3.63) is 82.9 Å². The first-order valence-electron chi connectivity index (χ1n) is 9.62. The van der Waals surface area contributed by atoms with Crippen molar-refractivity contribution in [1.82, 2.24) is 15.6 Å². The molecule has 0 saturated carbocycles. The van der Waals surface area contributed by atoms with Crippen LogP contribution in [-0.2, 0) is 11.4 Å². The van der Waals surface area contributed by atoms with E-state index in [4.69, 9.17) is 4.74 Å². The number of rotatable bonds is 8. The lowest BCUT2D eigenvalue weighted by molar-refractivity contribution is -0.118. The zero-order chi connectivity index (χ0) is 21.5. The Bertz CT molecular complexity index is 1220. The Morgan fingerprint density at radius 2 is 1.97 bits per heavy atom. The summed E-state index contributed by atoms with van der Waals surface area (Å²) in [5.74, 6) is 0.781. The third-order valence-corrected chi connectivity index (χ3v) is 6.34. The van der Waals surface area contributed by atoms with Gasteiger partial charge in [-0.15, -0.1) is 10.2 Å². The number of hydrazone groups is 1. The highest BCUT2D eigenvalue weighted by Gasteiger charge is 2.06. The number of nitrogens with one attached hydrogen (secondary N) is 1. The number of thioether (sulfide) groups is 1. The van der Waals surface area contributed by atoms with Gasteiger partial charge in [0.2, 0.25) is 0 Å². The number of nitrogens with zero attached hydrogens (tertiary/aromatic N) is 3. The van der Waals surface area contributed by atoms with Crippen molar-refractivity contribution in [3.63, 3.8) is 0 Å². The van der Waals surface area contributed by atoms with Gasteiger partial charge in [-0.2, -0.15) is 5.10 Å². The predicted octanol–water partition coefficient (Wildman–Crippen LogP) is 4.82. The van der Waals surface area contributed by atoms with Gasteiger partial charge >= 0.3 is 0 Å². The predicted molar refractivity (Wildman–Crippen MR) is 126 cm³/mol. The first kappa shape index (κ1) is 21.0. The summed E-state index contributed by atoms with van der Waals surface area (Å²) < 4.78 is 6.76. The molecular weight excluding hydrogens is 428 g/mol. The molecular formula is C23H20N4O2S2. The number of fused-ring (bicyclic) bond motifs is 1. The Morgan fingerprint density at radius 3 is 2.84 bits per heavy atom. The van der Waals surface area contributed by atoms with E-state index in [9.17, 15) is 4.79 Å². The van der Waals surface area contributed by atoms with E-state index in [1.807, 2.05) is 49.4 Å². The first-order chi connectivity index (χ1) is 15.2. The summed E-state index contributed by atoms with van der Waals surface area (Å²) in [4.78, 5) is 11.9. The maximum Gasteiger partial charge on any atom is 0.250 e. The second-order valence-electron chi connectivity index (χ2n) is 6.67. The number of carbonyl (C=O) groups excluding carboxylic acids is 1. The van der Waals surface area contributed by atoms with Crippen LogP contribution in [0.5, 0.6) is 5.75 Å². The minimum Gasteiger partial charge on any atom is -0.489 e. The van der Waals surface area contributed by atoms with Crippen LogP contribution < -0.4 is 10.2 Å². The summed E-state index contributed by atoms with van der Waals surface area (Å²) in [7, 11) is 0. The van der Waals surface area contributed by atoms with Gasteiger partial charge in [-0.05, 0) is 41.0 Å². The van der Waals surface area contributed by atoms with E-state index in [0.717, 1.165) is 26.2 Å². The Balaban J connectivity index is 1.31.